The Morgan fingerprint density at radius 2 is 1.22 bits per heavy atom. The fourth-order valence-corrected chi connectivity index (χ4v) is 5.86. The van der Waals surface area contributed by atoms with E-state index in [0.29, 0.717) is 0 Å². The summed E-state index contributed by atoms with van der Waals surface area (Å²) in [5.74, 6) is 1.89. The molecule has 0 radical (unpaired) electrons. The topological polar surface area (TPSA) is 9.23 Å². The van der Waals surface area contributed by atoms with Crippen LogP contribution in [-0.4, -0.2) is 0 Å². The summed E-state index contributed by atoms with van der Waals surface area (Å²) in [5, 5.41) is 5.11. The van der Waals surface area contributed by atoms with Crippen LogP contribution < -0.4 is 4.74 Å². The lowest BCUT2D eigenvalue weighted by molar-refractivity contribution is 0.418. The van der Waals surface area contributed by atoms with Gasteiger partial charge in [0.05, 0.1) is 0 Å². The molecule has 1 heteroatoms. The van der Waals surface area contributed by atoms with Gasteiger partial charge in [0.15, 0.2) is 0 Å². The molecule has 0 aromatic heterocycles. The van der Waals surface area contributed by atoms with E-state index in [0.717, 1.165) is 11.5 Å². The smallest absolute Gasteiger partial charge is 0.131 e. The van der Waals surface area contributed by atoms with Crippen LogP contribution in [0.25, 0.3) is 43.8 Å². The Labute approximate surface area is 211 Å². The number of rotatable bonds is 2. The second-order valence-corrected chi connectivity index (χ2v) is 10.2. The molecule has 1 nitrogen and oxygen atoms in total. The highest BCUT2D eigenvalue weighted by molar-refractivity contribution is 6.18. The average molecular weight is 463 g/mol. The second-order valence-electron chi connectivity index (χ2n) is 10.2. The van der Waals surface area contributed by atoms with Crippen LogP contribution in [0, 0.1) is 0 Å². The minimum Gasteiger partial charge on any atom is -0.457 e. The molecule has 0 spiro atoms. The van der Waals surface area contributed by atoms with Crippen LogP contribution in [0.4, 0.5) is 0 Å². The van der Waals surface area contributed by atoms with Crippen LogP contribution in [-0.2, 0) is 5.41 Å². The summed E-state index contributed by atoms with van der Waals surface area (Å²) in [6, 6.07) is 43.6. The molecule has 0 aliphatic carbocycles. The first-order chi connectivity index (χ1) is 17.6. The van der Waals surface area contributed by atoms with Crippen molar-refractivity contribution < 1.29 is 4.74 Å². The highest BCUT2D eigenvalue weighted by Crippen LogP contribution is 2.49. The molecule has 0 unspecified atom stereocenters. The van der Waals surface area contributed by atoms with Crippen molar-refractivity contribution in [3.05, 3.63) is 132 Å². The van der Waals surface area contributed by atoms with Gasteiger partial charge >= 0.3 is 0 Å². The molecule has 7 rings (SSSR count). The van der Waals surface area contributed by atoms with Crippen LogP contribution in [0.15, 0.2) is 121 Å². The fourth-order valence-electron chi connectivity index (χ4n) is 5.86. The fraction of sp³-hybridized carbons (Fsp3) is 0.0857. The normalized spacial score (nSPS) is 13.7. The molecule has 0 fully saturated rings. The molecule has 0 N–H and O–H groups in total. The lowest BCUT2D eigenvalue weighted by Gasteiger charge is -2.34. The van der Waals surface area contributed by atoms with Crippen LogP contribution >= 0.6 is 0 Å². The first-order valence-electron chi connectivity index (χ1n) is 12.5. The van der Waals surface area contributed by atoms with E-state index in [-0.39, 0.29) is 5.41 Å². The summed E-state index contributed by atoms with van der Waals surface area (Å²) >= 11 is 0. The predicted molar refractivity (Wildman–Crippen MR) is 151 cm³/mol. The molecule has 6 aromatic rings. The molecule has 0 amide bonds. The highest BCUT2D eigenvalue weighted by Gasteiger charge is 2.34. The monoisotopic (exact) mass is 462 g/mol. The summed E-state index contributed by atoms with van der Waals surface area (Å²) in [6.45, 7) is 4.59. The third-order valence-electron chi connectivity index (χ3n) is 7.71. The van der Waals surface area contributed by atoms with Gasteiger partial charge in [-0.2, -0.15) is 0 Å². The van der Waals surface area contributed by atoms with E-state index in [9.17, 15) is 0 Å². The van der Waals surface area contributed by atoms with Crippen molar-refractivity contribution in [1.29, 1.82) is 0 Å². The van der Waals surface area contributed by atoms with Gasteiger partial charge in [0, 0.05) is 16.5 Å². The number of hydrogen-bond acceptors (Lipinski definition) is 1. The van der Waals surface area contributed by atoms with Crippen molar-refractivity contribution in [3.63, 3.8) is 0 Å². The van der Waals surface area contributed by atoms with E-state index in [1.807, 2.05) is 6.07 Å². The summed E-state index contributed by atoms with van der Waals surface area (Å²) in [6.07, 6.45) is 0. The average Bonchev–Trinajstić information content (AvgIpc) is 2.93. The number of benzene rings is 6. The number of fused-ring (bicyclic) bond motifs is 5. The third kappa shape index (κ3) is 3.09. The maximum Gasteiger partial charge on any atom is 0.131 e. The van der Waals surface area contributed by atoms with E-state index >= 15 is 0 Å². The maximum atomic E-state index is 6.34. The standard InChI is InChI=1S/C35H26O/c1-35(2)30-17-8-9-18-32(30)36-33-20-19-25(22-31(33)35)27-15-10-16-28-26-14-7-6-13-24(26)21-29(34(27)28)23-11-4-3-5-12-23/h3-22H,1-2H3. The Bertz CT molecular complexity index is 1780. The minimum absolute atomic E-state index is 0.153. The zero-order valence-corrected chi connectivity index (χ0v) is 20.5. The summed E-state index contributed by atoms with van der Waals surface area (Å²) in [7, 11) is 0. The lowest BCUT2D eigenvalue weighted by atomic mass is 9.75. The van der Waals surface area contributed by atoms with Gasteiger partial charge in [-0.15, -0.1) is 0 Å². The van der Waals surface area contributed by atoms with Gasteiger partial charge in [-0.25, -0.2) is 0 Å². The van der Waals surface area contributed by atoms with Crippen LogP contribution in [0.1, 0.15) is 25.0 Å². The van der Waals surface area contributed by atoms with Gasteiger partial charge in [-0.1, -0.05) is 111 Å². The Hall–Kier alpha value is -4.36. The molecule has 6 aromatic carbocycles. The molecule has 0 saturated carbocycles. The van der Waals surface area contributed by atoms with Crippen molar-refractivity contribution >= 4 is 21.5 Å². The molecule has 1 aliphatic heterocycles. The largest absolute Gasteiger partial charge is 0.457 e. The second kappa shape index (κ2) is 7.83. The molecular formula is C35H26O. The molecule has 0 atom stereocenters. The predicted octanol–water partition coefficient (Wildman–Crippen LogP) is 9.76. The van der Waals surface area contributed by atoms with Crippen LogP contribution in [0.3, 0.4) is 0 Å². The molecule has 0 bridgehead atoms. The highest BCUT2D eigenvalue weighted by atomic mass is 16.5. The Morgan fingerprint density at radius 1 is 0.500 bits per heavy atom. The molecule has 1 heterocycles. The summed E-state index contributed by atoms with van der Waals surface area (Å²) in [4.78, 5) is 0. The Balaban J connectivity index is 1.52. The minimum atomic E-state index is -0.153. The van der Waals surface area contributed by atoms with Crippen molar-refractivity contribution in [2.45, 2.75) is 19.3 Å². The molecule has 36 heavy (non-hydrogen) atoms. The van der Waals surface area contributed by atoms with Gasteiger partial charge in [0.1, 0.15) is 11.5 Å². The number of para-hydroxylation sites is 1. The van der Waals surface area contributed by atoms with Crippen LogP contribution in [0.2, 0.25) is 0 Å². The Morgan fingerprint density at radius 3 is 2.11 bits per heavy atom. The molecular weight excluding hydrogens is 436 g/mol. The lowest BCUT2D eigenvalue weighted by Crippen LogP contribution is -2.24. The van der Waals surface area contributed by atoms with E-state index < -0.39 is 0 Å². The quantitative estimate of drug-likeness (QED) is 0.233. The zero-order valence-electron chi connectivity index (χ0n) is 20.5. The van der Waals surface area contributed by atoms with E-state index in [2.05, 4.69) is 129 Å². The van der Waals surface area contributed by atoms with E-state index in [1.165, 1.54) is 54.9 Å². The molecule has 1 aliphatic rings. The van der Waals surface area contributed by atoms with Crippen molar-refractivity contribution in [2.75, 3.05) is 0 Å². The number of hydrogen-bond donors (Lipinski definition) is 0. The molecule has 0 saturated heterocycles. The van der Waals surface area contributed by atoms with Crippen molar-refractivity contribution in [2.24, 2.45) is 0 Å². The molecule has 172 valence electrons. The first kappa shape index (κ1) is 21.0. The zero-order chi connectivity index (χ0) is 24.3. The van der Waals surface area contributed by atoms with Crippen molar-refractivity contribution in [1.82, 2.24) is 0 Å². The van der Waals surface area contributed by atoms with Gasteiger partial charge in [0.25, 0.3) is 0 Å². The summed E-state index contributed by atoms with van der Waals surface area (Å²) < 4.78 is 6.34. The van der Waals surface area contributed by atoms with E-state index in [1.54, 1.807) is 0 Å². The Kier molecular flexibility index (Phi) is 4.56. The van der Waals surface area contributed by atoms with Crippen molar-refractivity contribution in [3.8, 4) is 33.8 Å². The first-order valence-corrected chi connectivity index (χ1v) is 12.5. The maximum absolute atomic E-state index is 6.34. The SMILES string of the molecule is CC1(C)c2ccccc2Oc2ccc(-c3cccc4c3c(-c3ccccc3)cc3ccccc34)cc21. The van der Waals surface area contributed by atoms with Gasteiger partial charge in [-0.3, -0.25) is 0 Å². The van der Waals surface area contributed by atoms with Crippen LogP contribution in [0.5, 0.6) is 11.5 Å². The van der Waals surface area contributed by atoms with Gasteiger partial charge < -0.3 is 4.74 Å². The summed E-state index contributed by atoms with van der Waals surface area (Å²) in [5.41, 5.74) is 7.24. The van der Waals surface area contributed by atoms with E-state index in [4.69, 9.17) is 4.74 Å². The van der Waals surface area contributed by atoms with Gasteiger partial charge in [-0.05, 0) is 68.1 Å². The van der Waals surface area contributed by atoms with Gasteiger partial charge in [0.2, 0.25) is 0 Å². The third-order valence-corrected chi connectivity index (χ3v) is 7.71. The number of ether oxygens (including phenoxy) is 1.